The first kappa shape index (κ1) is 112. The molecular weight excluding hydrogens is 1470 g/mol. The summed E-state index contributed by atoms with van der Waals surface area (Å²) in [4.78, 5) is 0. The molecule has 13 aliphatic heterocycles. The normalized spacial score (nSPS) is 40.7. The Balaban J connectivity index is 0.000000606. The lowest BCUT2D eigenvalue weighted by atomic mass is 9.82. The smallest absolute Gasteiger partial charge is 0.0807 e. The van der Waals surface area contributed by atoms with Crippen LogP contribution in [0, 0.1) is 130 Å². The third kappa shape index (κ3) is 55.1. The zero-order valence-electron chi connectivity index (χ0n) is 81.0. The summed E-state index contributed by atoms with van der Waals surface area (Å²) in [6.45, 7) is 83.2. The maximum Gasteiger partial charge on any atom is 0.0807 e. The van der Waals surface area contributed by atoms with Gasteiger partial charge in [0.1, 0.15) is 0 Å². The second-order valence-corrected chi connectivity index (χ2v) is 45.1. The molecular formula is C99H202N4O6S4. The van der Waals surface area contributed by atoms with Gasteiger partial charge in [0.05, 0.1) is 37.6 Å². The molecule has 4 N–H and O–H groups in total. The van der Waals surface area contributed by atoms with Gasteiger partial charge in [-0.3, -0.25) is 0 Å². The van der Waals surface area contributed by atoms with Crippen LogP contribution in [0.15, 0.2) is 0 Å². The maximum atomic E-state index is 5.39. The molecule has 0 radical (unpaired) electrons. The predicted octanol–water partition coefficient (Wildman–Crippen LogP) is 25.9. The van der Waals surface area contributed by atoms with Gasteiger partial charge >= 0.3 is 0 Å². The third-order valence-corrected chi connectivity index (χ3v) is 35.4. The van der Waals surface area contributed by atoms with Gasteiger partial charge in [-0.15, -0.1) is 0 Å². The number of hydrogen-bond donors (Lipinski definition) is 4. The highest BCUT2D eigenvalue weighted by Gasteiger charge is 2.26. The number of hydrogen-bond acceptors (Lipinski definition) is 14. The molecule has 0 aromatic rings. The minimum absolute atomic E-state index is 0.281. The van der Waals surface area contributed by atoms with E-state index < -0.39 is 0 Å². The lowest BCUT2D eigenvalue weighted by Crippen LogP contribution is -2.37. The highest BCUT2D eigenvalue weighted by Crippen LogP contribution is 2.34. The molecule has 2 aliphatic carbocycles. The maximum absolute atomic E-state index is 5.39. The molecule has 113 heavy (non-hydrogen) atoms. The van der Waals surface area contributed by atoms with Gasteiger partial charge in [0.2, 0.25) is 0 Å². The van der Waals surface area contributed by atoms with Gasteiger partial charge in [0, 0.05) is 62.2 Å². The van der Waals surface area contributed by atoms with Crippen LogP contribution in [-0.2, 0) is 28.4 Å². The second kappa shape index (κ2) is 68.4. The Bertz CT molecular complexity index is 1580. The average Bonchev–Trinajstić information content (AvgIpc) is 1.66. The lowest BCUT2D eigenvalue weighted by Gasteiger charge is -2.26. The molecule has 30 unspecified atom stereocenters. The molecule has 0 aromatic carbocycles. The molecule has 0 amide bonds. The van der Waals surface area contributed by atoms with E-state index in [4.69, 9.17) is 28.4 Å². The first-order chi connectivity index (χ1) is 53.6. The Hall–Kier alpha value is 1.000. The van der Waals surface area contributed by atoms with Gasteiger partial charge in [0.25, 0.3) is 0 Å². The Morgan fingerprint density at radius 3 is 0.850 bits per heavy atom. The van der Waals surface area contributed by atoms with Crippen molar-refractivity contribution in [2.24, 2.45) is 130 Å². The largest absolute Gasteiger partial charge is 0.381 e. The summed E-state index contributed by atoms with van der Waals surface area (Å²) in [5, 5.41) is 15.3. The van der Waals surface area contributed by atoms with Crippen LogP contribution < -0.4 is 21.3 Å². The summed E-state index contributed by atoms with van der Waals surface area (Å²) in [6, 6.07) is 1.52. The van der Waals surface area contributed by atoms with Gasteiger partial charge in [-0.05, 0) is 323 Å². The van der Waals surface area contributed by atoms with E-state index in [2.05, 4.69) is 262 Å². The molecule has 15 fully saturated rings. The van der Waals surface area contributed by atoms with Crippen molar-refractivity contribution in [2.45, 2.75) is 377 Å². The molecule has 14 heteroatoms. The zero-order valence-corrected chi connectivity index (χ0v) is 84.2. The fraction of sp³-hybridized carbons (Fsp3) is 1.00. The van der Waals surface area contributed by atoms with E-state index in [-0.39, 0.29) is 12.2 Å². The zero-order chi connectivity index (χ0) is 84.8. The lowest BCUT2D eigenvalue weighted by molar-refractivity contribution is -0.124. The molecule has 15 rings (SSSR count). The third-order valence-electron chi connectivity index (χ3n) is 29.6. The number of thioether (sulfide) groups is 4. The summed E-state index contributed by atoms with van der Waals surface area (Å²) in [7, 11) is 0. The number of ether oxygens (including phenoxy) is 6. The molecule has 0 spiro atoms. The fourth-order valence-electron chi connectivity index (χ4n) is 15.2. The fourth-order valence-corrected chi connectivity index (χ4v) is 20.6. The monoisotopic (exact) mass is 1670 g/mol. The van der Waals surface area contributed by atoms with E-state index in [1.165, 1.54) is 196 Å². The van der Waals surface area contributed by atoms with Crippen molar-refractivity contribution in [3.63, 3.8) is 0 Å². The van der Waals surface area contributed by atoms with Crippen LogP contribution in [0.5, 0.6) is 0 Å². The Kier molecular flexibility index (Phi) is 67.8. The van der Waals surface area contributed by atoms with Crippen LogP contribution in [0.4, 0.5) is 0 Å². The molecule has 0 aromatic heterocycles. The number of rotatable bonds is 0. The average molecular weight is 1670 g/mol. The topological polar surface area (TPSA) is 104 Å². The van der Waals surface area contributed by atoms with Gasteiger partial charge in [-0.2, -0.15) is 47.0 Å². The highest BCUT2D eigenvalue weighted by atomic mass is 32.2. The van der Waals surface area contributed by atoms with Crippen LogP contribution in [0.25, 0.3) is 0 Å². The van der Waals surface area contributed by atoms with Crippen molar-refractivity contribution in [1.29, 1.82) is 0 Å². The quantitative estimate of drug-likeness (QED) is 0.185. The first-order valence-corrected chi connectivity index (χ1v) is 52.9. The van der Waals surface area contributed by atoms with Crippen LogP contribution in [-0.4, -0.2) is 174 Å². The van der Waals surface area contributed by atoms with E-state index in [1.54, 1.807) is 0 Å². The van der Waals surface area contributed by atoms with Crippen molar-refractivity contribution < 1.29 is 28.4 Å². The van der Waals surface area contributed by atoms with Gasteiger partial charge in [0.15, 0.2) is 0 Å². The van der Waals surface area contributed by atoms with Crippen LogP contribution >= 0.6 is 47.0 Å². The summed E-state index contributed by atoms with van der Waals surface area (Å²) in [6.07, 6.45) is 28.3. The van der Waals surface area contributed by atoms with E-state index in [9.17, 15) is 0 Å². The minimum Gasteiger partial charge on any atom is -0.381 e. The Labute approximate surface area is 725 Å². The van der Waals surface area contributed by atoms with Gasteiger partial charge in [-0.1, -0.05) is 211 Å². The van der Waals surface area contributed by atoms with Crippen molar-refractivity contribution >= 4 is 47.0 Å². The minimum atomic E-state index is 0.281. The van der Waals surface area contributed by atoms with Gasteiger partial charge in [-0.25, -0.2) is 0 Å². The van der Waals surface area contributed by atoms with Gasteiger partial charge < -0.3 is 49.7 Å². The molecule has 2 saturated carbocycles. The van der Waals surface area contributed by atoms with Crippen LogP contribution in [0.3, 0.4) is 0 Å². The highest BCUT2D eigenvalue weighted by molar-refractivity contribution is 8.00. The van der Waals surface area contributed by atoms with E-state index in [0.717, 1.165) is 206 Å². The van der Waals surface area contributed by atoms with Crippen molar-refractivity contribution in [3.8, 4) is 0 Å². The Morgan fingerprint density at radius 2 is 0.593 bits per heavy atom. The van der Waals surface area contributed by atoms with E-state index in [1.807, 2.05) is 13.8 Å². The summed E-state index contributed by atoms with van der Waals surface area (Å²) in [5.74, 6) is 28.5. The number of nitrogens with one attached hydrogen (secondary N) is 4. The predicted molar refractivity (Wildman–Crippen MR) is 512 cm³/mol. The van der Waals surface area contributed by atoms with E-state index in [0.29, 0.717) is 12.2 Å². The van der Waals surface area contributed by atoms with Crippen LogP contribution in [0.1, 0.15) is 330 Å². The SMILES string of the molecule is CC1CCCC1C.CC1CCCCC1C.CC1CCCNC1C.CC1CCCOC1C.CC1CCCSC1C.CC1CCNC1C.CC1CCNCC1C.CC1CCOC1C.CC1CCOCC1C.CC1CCSC1C.CC1CCSCC1C.CC1CNCC1C.CC1COCC1C.CC1CSCC1C.CC1OCCOC1C. The molecule has 30 atom stereocenters. The summed E-state index contributed by atoms with van der Waals surface area (Å²) < 4.78 is 31.6. The van der Waals surface area contributed by atoms with E-state index >= 15 is 0 Å². The molecule has 0 bridgehead atoms. The molecule has 13 heterocycles. The Morgan fingerprint density at radius 1 is 0.221 bits per heavy atom. The van der Waals surface area contributed by atoms with Crippen LogP contribution in [0.2, 0.25) is 0 Å². The van der Waals surface area contributed by atoms with Crippen molar-refractivity contribution in [1.82, 2.24) is 21.3 Å². The standard InChI is InChI=1S/C8H16.2C7H15N.2C7H14O.2C7H14S.C7H14.2C6H13N.C6H12O2.2C6H12O.2C6H12S/c1-7-5-3-4-6-8(7)2;1-6-3-4-8-5-7(6)2;1-6-4-3-5-8-7(6)2;1-6-3-4-8-5-7(6)2;1-6-4-3-5-8-7(6)2;1-6-3-4-8-5-7(6)2;1-6-4-3-5-8-7(6)2;1-6-4-3-5-7(6)2;1-5-3-7-4-6(5)2;1-5-3-4-7-6(5)2;1-5-6(2)8-4-3-7-5;1-5-3-7-4-6(5)2;1-5-3-4-7-6(5)2;1-5-3-7-4-6(5)2;1-5-3-4-7-6(5)2/h7-8H,3-6H2,1-2H3;2*6-8H,3-5H2,1-2H3;4*6-7H,3-5H2,1-2H3;6-7H,3-5H2,1-2H3;2*5-7H,3-4H2,1-2H3;5-6H,3-4H2,1-2H3;4*5-6H,3-4H2,1-2H3. The number of piperidine rings is 2. The molecule has 678 valence electrons. The van der Waals surface area contributed by atoms with Crippen molar-refractivity contribution in [3.05, 3.63) is 0 Å². The molecule has 10 nitrogen and oxygen atoms in total. The summed E-state index contributed by atoms with van der Waals surface area (Å²) in [5.41, 5.74) is 0. The van der Waals surface area contributed by atoms with Crippen molar-refractivity contribution in [2.75, 3.05) is 127 Å². The molecule has 15 aliphatic rings. The molecule has 13 saturated heterocycles. The summed E-state index contributed by atoms with van der Waals surface area (Å²) >= 11 is 8.43. The first-order valence-electron chi connectivity index (χ1n) is 48.5. The second-order valence-electron chi connectivity index (χ2n) is 39.9.